The first-order chi connectivity index (χ1) is 16.8. The van der Waals surface area contributed by atoms with E-state index in [0.29, 0.717) is 12.4 Å². The first-order valence-electron chi connectivity index (χ1n) is 12.0. The lowest BCUT2D eigenvalue weighted by molar-refractivity contribution is -0.129. The van der Waals surface area contributed by atoms with E-state index < -0.39 is 0 Å². The topological polar surface area (TPSA) is 76.4 Å². The number of carbonyl (C=O) groups is 1. The number of ether oxygens (including phenoxy) is 1. The molecule has 186 valence electrons. The van der Waals surface area contributed by atoms with Crippen LogP contribution in [-0.4, -0.2) is 61.1 Å². The van der Waals surface area contributed by atoms with Gasteiger partial charge in [0.1, 0.15) is 6.61 Å². The Morgan fingerprint density at radius 2 is 2.00 bits per heavy atom. The summed E-state index contributed by atoms with van der Waals surface area (Å²) in [7, 11) is 0. The number of nitrogens with zero attached hydrogens (tertiary/aromatic N) is 6. The van der Waals surface area contributed by atoms with Crippen molar-refractivity contribution in [2.45, 2.75) is 62.5 Å². The maximum absolute atomic E-state index is 11.6. The maximum Gasteiger partial charge on any atom is 0.219 e. The van der Waals surface area contributed by atoms with Crippen LogP contribution in [0.25, 0.3) is 0 Å². The highest BCUT2D eigenvalue weighted by atomic mass is 32.2. The number of hydrogen-bond donors (Lipinski definition) is 0. The Balaban J connectivity index is 1.30. The maximum atomic E-state index is 11.6. The molecule has 2 aliphatic rings. The SMILES string of the molecule is CC(=O)N1CCN(c2nc(COC3c4cc(C(C)(C)C)ccc4SC3Cn3ccnc3)ns2)CC1. The summed E-state index contributed by atoms with van der Waals surface area (Å²) in [5, 5.41) is 1.14. The van der Waals surface area contributed by atoms with Gasteiger partial charge in [-0.3, -0.25) is 4.79 Å². The number of fused-ring (bicyclic) bond motifs is 1. The summed E-state index contributed by atoms with van der Waals surface area (Å²) in [5.74, 6) is 0.844. The molecular weight excluding hydrogens is 480 g/mol. The summed E-state index contributed by atoms with van der Waals surface area (Å²) in [4.78, 5) is 25.9. The van der Waals surface area contributed by atoms with E-state index in [1.165, 1.54) is 27.6 Å². The normalized spacial score (nSPS) is 20.3. The van der Waals surface area contributed by atoms with Gasteiger partial charge in [-0.2, -0.15) is 4.37 Å². The van der Waals surface area contributed by atoms with Crippen LogP contribution in [0.1, 0.15) is 50.8 Å². The fourth-order valence-electron chi connectivity index (χ4n) is 4.51. The number of benzene rings is 1. The Labute approximate surface area is 214 Å². The fraction of sp³-hybridized carbons (Fsp3) is 0.520. The van der Waals surface area contributed by atoms with Crippen LogP contribution in [-0.2, 0) is 28.1 Å². The Bertz CT molecular complexity index is 1170. The predicted molar refractivity (Wildman–Crippen MR) is 139 cm³/mol. The van der Waals surface area contributed by atoms with Crippen molar-refractivity contribution in [1.29, 1.82) is 0 Å². The lowest BCUT2D eigenvalue weighted by atomic mass is 9.85. The van der Waals surface area contributed by atoms with Crippen LogP contribution in [0.3, 0.4) is 0 Å². The van der Waals surface area contributed by atoms with Crippen molar-refractivity contribution in [3.63, 3.8) is 0 Å². The molecule has 8 nitrogen and oxygen atoms in total. The first kappa shape index (κ1) is 24.3. The largest absolute Gasteiger partial charge is 0.364 e. The van der Waals surface area contributed by atoms with Gasteiger partial charge in [-0.25, -0.2) is 9.97 Å². The average molecular weight is 513 g/mol. The highest BCUT2D eigenvalue weighted by Crippen LogP contribution is 2.48. The van der Waals surface area contributed by atoms with Crippen LogP contribution in [0.15, 0.2) is 41.8 Å². The standard InChI is InChI=1S/C25H32N6O2S2/c1-17(32)30-9-11-31(12-10-30)24-27-22(28-35-24)15-33-23-19-13-18(25(2,3)4)5-6-20(19)34-21(23)14-29-8-7-26-16-29/h5-8,13,16,21,23H,9-12,14-15H2,1-4H3. The summed E-state index contributed by atoms with van der Waals surface area (Å²) in [6.45, 7) is 12.6. The number of amides is 1. The Hall–Kier alpha value is -2.43. The molecule has 0 spiro atoms. The minimum atomic E-state index is -0.0502. The van der Waals surface area contributed by atoms with E-state index in [4.69, 9.17) is 9.72 Å². The van der Waals surface area contributed by atoms with Gasteiger partial charge in [0.2, 0.25) is 11.0 Å². The zero-order valence-corrected chi connectivity index (χ0v) is 22.3. The molecule has 5 rings (SSSR count). The third-order valence-corrected chi connectivity index (χ3v) is 8.73. The molecule has 4 heterocycles. The smallest absolute Gasteiger partial charge is 0.219 e. The summed E-state index contributed by atoms with van der Waals surface area (Å²) < 4.78 is 13.2. The minimum absolute atomic E-state index is 0.0502. The van der Waals surface area contributed by atoms with Gasteiger partial charge < -0.3 is 19.1 Å². The third kappa shape index (κ3) is 5.39. The molecule has 1 amide bonds. The highest BCUT2D eigenvalue weighted by molar-refractivity contribution is 8.00. The van der Waals surface area contributed by atoms with Gasteiger partial charge in [0.15, 0.2) is 5.82 Å². The monoisotopic (exact) mass is 512 g/mol. The molecule has 0 bridgehead atoms. The number of carbonyl (C=O) groups excluding carboxylic acids is 1. The number of aromatic nitrogens is 4. The number of imidazole rings is 1. The van der Waals surface area contributed by atoms with E-state index in [9.17, 15) is 4.79 Å². The van der Waals surface area contributed by atoms with Crippen molar-refractivity contribution in [3.05, 3.63) is 53.9 Å². The van der Waals surface area contributed by atoms with Gasteiger partial charge in [-0.15, -0.1) is 11.8 Å². The number of anilines is 1. The second-order valence-corrected chi connectivity index (χ2v) is 12.1. The lowest BCUT2D eigenvalue weighted by Crippen LogP contribution is -2.48. The van der Waals surface area contributed by atoms with Crippen LogP contribution in [0.2, 0.25) is 0 Å². The zero-order chi connectivity index (χ0) is 24.6. The van der Waals surface area contributed by atoms with Crippen molar-refractivity contribution in [2.24, 2.45) is 0 Å². The third-order valence-electron chi connectivity index (χ3n) is 6.59. The number of piperazine rings is 1. The van der Waals surface area contributed by atoms with Crippen molar-refractivity contribution in [2.75, 3.05) is 31.1 Å². The highest BCUT2D eigenvalue weighted by Gasteiger charge is 2.36. The molecular formula is C25H32N6O2S2. The van der Waals surface area contributed by atoms with Crippen LogP contribution >= 0.6 is 23.3 Å². The number of rotatable bonds is 6. The molecule has 2 aromatic heterocycles. The van der Waals surface area contributed by atoms with E-state index in [2.05, 4.69) is 57.8 Å². The molecule has 0 N–H and O–H groups in total. The second-order valence-electron chi connectivity index (χ2n) is 10.1. The van der Waals surface area contributed by atoms with E-state index >= 15 is 0 Å². The number of hydrogen-bond acceptors (Lipinski definition) is 8. The van der Waals surface area contributed by atoms with Crippen LogP contribution < -0.4 is 4.90 Å². The van der Waals surface area contributed by atoms with E-state index in [0.717, 1.165) is 37.9 Å². The predicted octanol–water partition coefficient (Wildman–Crippen LogP) is 4.13. The van der Waals surface area contributed by atoms with Gasteiger partial charge in [-0.05, 0) is 22.6 Å². The van der Waals surface area contributed by atoms with Crippen LogP contribution in [0, 0.1) is 0 Å². The Kier molecular flexibility index (Phi) is 6.87. The van der Waals surface area contributed by atoms with Crippen molar-refractivity contribution < 1.29 is 9.53 Å². The Morgan fingerprint density at radius 3 is 2.69 bits per heavy atom. The molecule has 2 unspecified atom stereocenters. The average Bonchev–Trinajstić information content (AvgIpc) is 3.57. The van der Waals surface area contributed by atoms with Crippen molar-refractivity contribution >= 4 is 34.3 Å². The molecule has 0 saturated carbocycles. The van der Waals surface area contributed by atoms with Gasteiger partial charge in [0.25, 0.3) is 0 Å². The molecule has 35 heavy (non-hydrogen) atoms. The molecule has 1 aromatic carbocycles. The second kappa shape index (κ2) is 9.91. The van der Waals surface area contributed by atoms with Crippen molar-refractivity contribution in [1.82, 2.24) is 23.8 Å². The van der Waals surface area contributed by atoms with E-state index in [1.807, 2.05) is 35.4 Å². The number of thioether (sulfide) groups is 1. The summed E-state index contributed by atoms with van der Waals surface area (Å²) in [6, 6.07) is 6.79. The molecule has 10 heteroatoms. The fourth-order valence-corrected chi connectivity index (χ4v) is 6.62. The quantitative estimate of drug-likeness (QED) is 0.491. The molecule has 2 atom stereocenters. The van der Waals surface area contributed by atoms with Gasteiger partial charge in [-0.1, -0.05) is 32.9 Å². The molecule has 3 aromatic rings. The zero-order valence-electron chi connectivity index (χ0n) is 20.7. The van der Waals surface area contributed by atoms with Crippen molar-refractivity contribution in [3.8, 4) is 0 Å². The van der Waals surface area contributed by atoms with Crippen LogP contribution in [0.5, 0.6) is 0 Å². The molecule has 0 radical (unpaired) electrons. The van der Waals surface area contributed by atoms with Gasteiger partial charge >= 0.3 is 0 Å². The summed E-state index contributed by atoms with van der Waals surface area (Å²) in [6.07, 6.45) is 5.63. The summed E-state index contributed by atoms with van der Waals surface area (Å²) in [5.41, 5.74) is 2.64. The van der Waals surface area contributed by atoms with Gasteiger partial charge in [0, 0.05) is 68.5 Å². The minimum Gasteiger partial charge on any atom is -0.364 e. The van der Waals surface area contributed by atoms with E-state index in [1.54, 1.807) is 6.92 Å². The molecule has 2 aliphatic heterocycles. The molecule has 0 aliphatic carbocycles. The Morgan fingerprint density at radius 1 is 1.20 bits per heavy atom. The summed E-state index contributed by atoms with van der Waals surface area (Å²) >= 11 is 3.28. The van der Waals surface area contributed by atoms with E-state index in [-0.39, 0.29) is 22.7 Å². The molecule has 1 saturated heterocycles. The van der Waals surface area contributed by atoms with Gasteiger partial charge in [0.05, 0.1) is 17.7 Å². The first-order valence-corrected chi connectivity index (χ1v) is 13.6. The molecule has 1 fully saturated rings. The van der Waals surface area contributed by atoms with Crippen LogP contribution in [0.4, 0.5) is 5.13 Å². The lowest BCUT2D eigenvalue weighted by Gasteiger charge is -2.33.